The molecule has 116 valence electrons. The number of aryl methyl sites for hydroxylation is 1. The molecule has 1 aliphatic heterocycles. The van der Waals surface area contributed by atoms with Crippen molar-refractivity contribution in [2.75, 3.05) is 23.3 Å². The van der Waals surface area contributed by atoms with Gasteiger partial charge in [-0.25, -0.2) is 4.98 Å². The van der Waals surface area contributed by atoms with Gasteiger partial charge in [0.05, 0.1) is 0 Å². The third-order valence-corrected chi connectivity index (χ3v) is 3.86. The second kappa shape index (κ2) is 7.06. The van der Waals surface area contributed by atoms with Gasteiger partial charge >= 0.3 is 0 Å². The van der Waals surface area contributed by atoms with E-state index < -0.39 is 0 Å². The molecule has 22 heavy (non-hydrogen) atoms. The molecule has 0 saturated carbocycles. The Hall–Kier alpha value is -2.37. The van der Waals surface area contributed by atoms with Crippen LogP contribution >= 0.6 is 0 Å². The molecule has 6 heteroatoms. The average Bonchev–Trinajstić information content (AvgIpc) is 3.21. The number of hydrogen-bond acceptors (Lipinski definition) is 4. The van der Waals surface area contributed by atoms with Crippen LogP contribution in [0.4, 0.5) is 11.4 Å². The highest BCUT2D eigenvalue weighted by Crippen LogP contribution is 2.23. The van der Waals surface area contributed by atoms with Crippen LogP contribution in [0.25, 0.3) is 0 Å². The molecular formula is C16H21N5O. The highest BCUT2D eigenvalue weighted by molar-refractivity contribution is 5.91. The van der Waals surface area contributed by atoms with Gasteiger partial charge in [-0.15, -0.1) is 0 Å². The molecule has 1 amide bonds. The van der Waals surface area contributed by atoms with E-state index in [9.17, 15) is 4.79 Å². The Morgan fingerprint density at radius 3 is 2.91 bits per heavy atom. The minimum absolute atomic E-state index is 0.0405. The summed E-state index contributed by atoms with van der Waals surface area (Å²) in [4.78, 5) is 18.2. The first-order valence-electron chi connectivity index (χ1n) is 7.78. The highest BCUT2D eigenvalue weighted by Gasteiger charge is 2.12. The summed E-state index contributed by atoms with van der Waals surface area (Å²) in [7, 11) is 0. The second-order valence-electron chi connectivity index (χ2n) is 5.55. The molecule has 1 saturated heterocycles. The third-order valence-electron chi connectivity index (χ3n) is 3.86. The molecule has 1 aromatic carbocycles. The Morgan fingerprint density at radius 1 is 1.27 bits per heavy atom. The van der Waals surface area contributed by atoms with Gasteiger partial charge in [0, 0.05) is 37.4 Å². The van der Waals surface area contributed by atoms with Gasteiger partial charge in [-0.3, -0.25) is 9.48 Å². The predicted octanol–water partition coefficient (Wildman–Crippen LogP) is 2.30. The third kappa shape index (κ3) is 3.84. The van der Waals surface area contributed by atoms with Crippen LogP contribution in [0.5, 0.6) is 0 Å². The monoisotopic (exact) mass is 299 g/mol. The van der Waals surface area contributed by atoms with E-state index in [1.165, 1.54) is 24.9 Å². The lowest BCUT2D eigenvalue weighted by Crippen LogP contribution is -2.18. The summed E-state index contributed by atoms with van der Waals surface area (Å²) in [5, 5.41) is 7.00. The van der Waals surface area contributed by atoms with E-state index in [0.29, 0.717) is 13.0 Å². The minimum Gasteiger partial charge on any atom is -0.371 e. The molecule has 1 aromatic heterocycles. The number of carbonyl (C=O) groups is 1. The van der Waals surface area contributed by atoms with Crippen LogP contribution in [0.2, 0.25) is 0 Å². The van der Waals surface area contributed by atoms with E-state index in [1.807, 2.05) is 12.1 Å². The van der Waals surface area contributed by atoms with Crippen molar-refractivity contribution in [1.82, 2.24) is 14.8 Å². The molecule has 0 unspecified atom stereocenters. The molecule has 6 nitrogen and oxygen atoms in total. The first-order valence-corrected chi connectivity index (χ1v) is 7.78. The highest BCUT2D eigenvalue weighted by atomic mass is 16.1. The van der Waals surface area contributed by atoms with E-state index in [4.69, 9.17) is 0 Å². The van der Waals surface area contributed by atoms with Crippen molar-refractivity contribution in [1.29, 1.82) is 0 Å². The van der Waals surface area contributed by atoms with Gasteiger partial charge in [0.1, 0.15) is 12.7 Å². The number of anilines is 2. The predicted molar refractivity (Wildman–Crippen MR) is 85.8 cm³/mol. The van der Waals surface area contributed by atoms with Crippen molar-refractivity contribution in [2.24, 2.45) is 0 Å². The zero-order valence-corrected chi connectivity index (χ0v) is 12.6. The van der Waals surface area contributed by atoms with Crippen molar-refractivity contribution < 1.29 is 4.79 Å². The Bertz CT molecular complexity index is 605. The van der Waals surface area contributed by atoms with Crippen LogP contribution in [0.1, 0.15) is 25.7 Å². The lowest BCUT2D eigenvalue weighted by Gasteiger charge is -2.18. The quantitative estimate of drug-likeness (QED) is 0.889. The van der Waals surface area contributed by atoms with Gasteiger partial charge in [-0.2, -0.15) is 5.10 Å². The normalized spacial score (nSPS) is 14.3. The largest absolute Gasteiger partial charge is 0.371 e. The number of rotatable bonds is 6. The Morgan fingerprint density at radius 2 is 2.14 bits per heavy atom. The SMILES string of the molecule is O=C(CCCn1cncn1)Nc1cccc(N2CCCC2)c1. The average molecular weight is 299 g/mol. The van der Waals surface area contributed by atoms with Crippen molar-refractivity contribution in [3.63, 3.8) is 0 Å². The van der Waals surface area contributed by atoms with Gasteiger partial charge in [0.2, 0.25) is 5.91 Å². The van der Waals surface area contributed by atoms with Crippen LogP contribution in [0.15, 0.2) is 36.9 Å². The molecule has 0 atom stereocenters. The van der Waals surface area contributed by atoms with E-state index in [-0.39, 0.29) is 5.91 Å². The fourth-order valence-electron chi connectivity index (χ4n) is 2.73. The Labute approximate surface area is 130 Å². The summed E-state index contributed by atoms with van der Waals surface area (Å²) in [6.07, 6.45) is 6.90. The molecule has 0 bridgehead atoms. The minimum atomic E-state index is 0.0405. The van der Waals surface area contributed by atoms with Gasteiger partial charge in [-0.05, 0) is 37.5 Å². The zero-order chi connectivity index (χ0) is 15.2. The van der Waals surface area contributed by atoms with Crippen LogP contribution in [0, 0.1) is 0 Å². The number of amides is 1. The molecular weight excluding hydrogens is 278 g/mol. The van der Waals surface area contributed by atoms with E-state index in [1.54, 1.807) is 11.0 Å². The molecule has 1 fully saturated rings. The Balaban J connectivity index is 1.49. The van der Waals surface area contributed by atoms with Crippen LogP contribution in [0.3, 0.4) is 0 Å². The smallest absolute Gasteiger partial charge is 0.224 e. The summed E-state index contributed by atoms with van der Waals surface area (Å²) < 4.78 is 1.74. The van der Waals surface area contributed by atoms with Gasteiger partial charge in [0.25, 0.3) is 0 Å². The van der Waals surface area contributed by atoms with Crippen molar-refractivity contribution in [3.05, 3.63) is 36.9 Å². The number of nitrogens with zero attached hydrogens (tertiary/aromatic N) is 4. The molecule has 0 spiro atoms. The number of hydrogen-bond donors (Lipinski definition) is 1. The number of aromatic nitrogens is 3. The maximum Gasteiger partial charge on any atom is 0.224 e. The Kier molecular flexibility index (Phi) is 4.68. The van der Waals surface area contributed by atoms with Crippen molar-refractivity contribution >= 4 is 17.3 Å². The summed E-state index contributed by atoms with van der Waals surface area (Å²) in [6, 6.07) is 8.10. The maximum absolute atomic E-state index is 12.0. The molecule has 2 heterocycles. The molecule has 0 aliphatic carbocycles. The van der Waals surface area contributed by atoms with E-state index in [2.05, 4.69) is 32.4 Å². The first kappa shape index (κ1) is 14.6. The van der Waals surface area contributed by atoms with Crippen LogP contribution < -0.4 is 10.2 Å². The number of carbonyl (C=O) groups excluding carboxylic acids is 1. The molecule has 1 N–H and O–H groups in total. The summed E-state index contributed by atoms with van der Waals surface area (Å²) >= 11 is 0. The summed E-state index contributed by atoms with van der Waals surface area (Å²) in [6.45, 7) is 2.92. The van der Waals surface area contributed by atoms with Crippen molar-refractivity contribution in [3.8, 4) is 0 Å². The van der Waals surface area contributed by atoms with Gasteiger partial charge in [0.15, 0.2) is 0 Å². The standard InChI is InChI=1S/C16H21N5O/c22-16(7-4-10-21-13-17-12-18-21)19-14-5-3-6-15(11-14)20-8-1-2-9-20/h3,5-6,11-13H,1-2,4,7-10H2,(H,19,22). The topological polar surface area (TPSA) is 63.1 Å². The molecule has 1 aliphatic rings. The molecule has 0 radical (unpaired) electrons. The first-order chi connectivity index (χ1) is 10.8. The molecule has 2 aromatic rings. The second-order valence-corrected chi connectivity index (χ2v) is 5.55. The fourth-order valence-corrected chi connectivity index (χ4v) is 2.73. The number of nitrogens with one attached hydrogen (secondary N) is 1. The van der Waals surface area contributed by atoms with E-state index >= 15 is 0 Å². The van der Waals surface area contributed by atoms with Gasteiger partial charge in [-0.1, -0.05) is 6.07 Å². The van der Waals surface area contributed by atoms with Crippen LogP contribution in [-0.2, 0) is 11.3 Å². The maximum atomic E-state index is 12.0. The number of benzene rings is 1. The zero-order valence-electron chi connectivity index (χ0n) is 12.6. The van der Waals surface area contributed by atoms with E-state index in [0.717, 1.165) is 25.2 Å². The van der Waals surface area contributed by atoms with Crippen LogP contribution in [-0.4, -0.2) is 33.8 Å². The lowest BCUT2D eigenvalue weighted by molar-refractivity contribution is -0.116. The summed E-state index contributed by atoms with van der Waals surface area (Å²) in [5.41, 5.74) is 2.06. The lowest BCUT2D eigenvalue weighted by atomic mass is 10.2. The van der Waals surface area contributed by atoms with Crippen molar-refractivity contribution in [2.45, 2.75) is 32.2 Å². The summed E-state index contributed by atoms with van der Waals surface area (Å²) in [5.74, 6) is 0.0405. The fraction of sp³-hybridized carbons (Fsp3) is 0.438. The van der Waals surface area contributed by atoms with Gasteiger partial charge < -0.3 is 10.2 Å². The molecule has 3 rings (SSSR count).